The number of nitrogens with one attached hydrogen (secondary N) is 1. The minimum Gasteiger partial charge on any atom is -0.483 e. The predicted octanol–water partition coefficient (Wildman–Crippen LogP) is 6.30. The first-order chi connectivity index (χ1) is 17.8. The van der Waals surface area contributed by atoms with E-state index in [0.29, 0.717) is 44.6 Å². The number of amides is 1. The van der Waals surface area contributed by atoms with Gasteiger partial charge in [-0.15, -0.1) is 0 Å². The molecule has 0 unspecified atom stereocenters. The highest BCUT2D eigenvalue weighted by Crippen LogP contribution is 2.26. The van der Waals surface area contributed by atoms with Crippen LogP contribution >= 0.6 is 31.9 Å². The van der Waals surface area contributed by atoms with Crippen molar-refractivity contribution in [3.63, 3.8) is 0 Å². The number of aromatic nitrogens is 2. The summed E-state index contributed by atoms with van der Waals surface area (Å²) in [5, 5.41) is 7.51. The number of halogens is 3. The molecule has 0 saturated carbocycles. The van der Waals surface area contributed by atoms with Crippen molar-refractivity contribution in [2.24, 2.45) is 5.10 Å². The van der Waals surface area contributed by atoms with Crippen LogP contribution in [0.15, 0.2) is 79.5 Å². The fourth-order valence-corrected chi connectivity index (χ4v) is 4.43. The number of carbonyl (C=O) groups excluding carboxylic acids is 1. The Morgan fingerprint density at radius 2 is 2.00 bits per heavy atom. The van der Waals surface area contributed by atoms with Gasteiger partial charge in [-0.2, -0.15) is 9.78 Å². The molecule has 1 amide bonds. The van der Waals surface area contributed by atoms with Crippen molar-refractivity contribution in [1.82, 2.24) is 9.66 Å². The Labute approximate surface area is 229 Å². The van der Waals surface area contributed by atoms with Crippen LogP contribution in [0.3, 0.4) is 0 Å². The number of unbranched alkanes of at least 4 members (excludes halogenated alkanes) is 1. The van der Waals surface area contributed by atoms with E-state index in [1.54, 1.807) is 36.5 Å². The maximum atomic E-state index is 13.3. The molecule has 0 atom stereocenters. The fourth-order valence-electron chi connectivity index (χ4n) is 3.56. The van der Waals surface area contributed by atoms with Gasteiger partial charge < -0.3 is 10.1 Å². The van der Waals surface area contributed by atoms with E-state index >= 15 is 0 Å². The molecular weight excluding hydrogens is 607 g/mol. The van der Waals surface area contributed by atoms with E-state index in [9.17, 15) is 14.0 Å². The fraction of sp³-hybridized carbons (Fsp3) is 0.185. The molecule has 0 spiro atoms. The van der Waals surface area contributed by atoms with Crippen LogP contribution in [0.25, 0.3) is 10.9 Å². The number of carbonyl (C=O) groups is 1. The first-order valence-corrected chi connectivity index (χ1v) is 13.2. The van der Waals surface area contributed by atoms with E-state index in [1.165, 1.54) is 22.9 Å². The van der Waals surface area contributed by atoms with Crippen LogP contribution in [-0.4, -0.2) is 28.4 Å². The molecule has 0 aliphatic carbocycles. The summed E-state index contributed by atoms with van der Waals surface area (Å²) in [5.74, 6) is 0.189. The predicted molar refractivity (Wildman–Crippen MR) is 150 cm³/mol. The Kier molecular flexibility index (Phi) is 8.83. The first kappa shape index (κ1) is 26.7. The lowest BCUT2D eigenvalue weighted by Crippen LogP contribution is -2.22. The van der Waals surface area contributed by atoms with E-state index in [4.69, 9.17) is 4.74 Å². The average molecular weight is 630 g/mol. The van der Waals surface area contributed by atoms with Gasteiger partial charge in [-0.1, -0.05) is 35.3 Å². The maximum Gasteiger partial charge on any atom is 0.282 e. The van der Waals surface area contributed by atoms with Gasteiger partial charge in [0.25, 0.3) is 11.5 Å². The summed E-state index contributed by atoms with van der Waals surface area (Å²) in [6.45, 7) is 1.83. The van der Waals surface area contributed by atoms with Crippen molar-refractivity contribution >= 4 is 60.6 Å². The van der Waals surface area contributed by atoms with E-state index in [2.05, 4.69) is 54.2 Å². The zero-order valence-corrected chi connectivity index (χ0v) is 23.1. The number of benzene rings is 3. The summed E-state index contributed by atoms with van der Waals surface area (Å²) in [5.41, 5.74) is 1.46. The minimum atomic E-state index is -0.439. The van der Waals surface area contributed by atoms with E-state index in [-0.39, 0.29) is 12.2 Å². The van der Waals surface area contributed by atoms with Crippen LogP contribution in [0.1, 0.15) is 31.2 Å². The molecule has 190 valence electrons. The van der Waals surface area contributed by atoms with Crippen molar-refractivity contribution < 1.29 is 13.9 Å². The topological polar surface area (TPSA) is 85.6 Å². The van der Waals surface area contributed by atoms with Gasteiger partial charge in [-0.3, -0.25) is 9.59 Å². The molecule has 3 aromatic carbocycles. The Morgan fingerprint density at radius 1 is 1.16 bits per heavy atom. The summed E-state index contributed by atoms with van der Waals surface area (Å²) < 4.78 is 21.6. The molecule has 0 saturated heterocycles. The lowest BCUT2D eigenvalue weighted by molar-refractivity contribution is -0.118. The third kappa shape index (κ3) is 6.90. The molecule has 4 rings (SSSR count). The minimum absolute atomic E-state index is 0.239. The number of aryl methyl sites for hydroxylation is 1. The second kappa shape index (κ2) is 12.2. The van der Waals surface area contributed by atoms with Crippen molar-refractivity contribution in [2.75, 3.05) is 11.9 Å². The Morgan fingerprint density at radius 3 is 2.76 bits per heavy atom. The molecule has 10 heteroatoms. The summed E-state index contributed by atoms with van der Waals surface area (Å²) in [4.78, 5) is 30.0. The van der Waals surface area contributed by atoms with Crippen LogP contribution in [0.2, 0.25) is 0 Å². The number of anilines is 1. The van der Waals surface area contributed by atoms with Crippen molar-refractivity contribution in [1.29, 1.82) is 0 Å². The Bertz CT molecular complexity index is 1540. The number of ether oxygens (including phenoxy) is 1. The average Bonchev–Trinajstić information content (AvgIpc) is 2.87. The lowest BCUT2D eigenvalue weighted by atomic mass is 10.2. The molecule has 7 nitrogen and oxygen atoms in total. The van der Waals surface area contributed by atoms with E-state index in [1.807, 2.05) is 12.1 Å². The van der Waals surface area contributed by atoms with E-state index < -0.39 is 11.7 Å². The standard InChI is InChI=1S/C27H23Br2FN4O3/c1-2-3-7-25-33-23-10-9-18(28)13-21(23)27(36)34(25)31-15-17-8-11-24(22(29)12-17)37-16-26(35)32-20-6-4-5-19(30)14-20/h4-6,8-15H,2-3,7,16H2,1H3,(H,32,35). The maximum absolute atomic E-state index is 13.3. The molecule has 0 aliphatic rings. The molecule has 0 radical (unpaired) electrons. The SMILES string of the molecule is CCCCc1nc2ccc(Br)cc2c(=O)n1N=Cc1ccc(OCC(=O)Nc2cccc(F)c2)c(Br)c1. The normalized spacial score (nSPS) is 11.2. The summed E-state index contributed by atoms with van der Waals surface area (Å²) in [6.07, 6.45) is 4.05. The first-order valence-electron chi connectivity index (χ1n) is 11.6. The summed E-state index contributed by atoms with van der Waals surface area (Å²) >= 11 is 6.86. The number of fused-ring (bicyclic) bond motifs is 1. The number of rotatable bonds is 9. The number of nitrogens with zero attached hydrogens (tertiary/aromatic N) is 3. The Hall–Kier alpha value is -3.37. The van der Waals surface area contributed by atoms with Crippen LogP contribution < -0.4 is 15.6 Å². The third-order valence-electron chi connectivity index (χ3n) is 5.37. The molecule has 1 aromatic heterocycles. The molecule has 0 bridgehead atoms. The summed E-state index contributed by atoms with van der Waals surface area (Å²) in [6, 6.07) is 16.3. The van der Waals surface area contributed by atoms with Crippen LogP contribution in [0.5, 0.6) is 5.75 Å². The van der Waals surface area contributed by atoms with Gasteiger partial charge in [0.2, 0.25) is 0 Å². The van der Waals surface area contributed by atoms with Crippen molar-refractivity contribution in [3.8, 4) is 5.75 Å². The van der Waals surface area contributed by atoms with Crippen LogP contribution in [0.4, 0.5) is 10.1 Å². The highest BCUT2D eigenvalue weighted by molar-refractivity contribution is 9.10. The summed E-state index contributed by atoms with van der Waals surface area (Å²) in [7, 11) is 0. The molecule has 0 fully saturated rings. The zero-order chi connectivity index (χ0) is 26.4. The van der Waals surface area contributed by atoms with Crippen LogP contribution in [-0.2, 0) is 11.2 Å². The highest BCUT2D eigenvalue weighted by atomic mass is 79.9. The van der Waals surface area contributed by atoms with Gasteiger partial charge in [-0.05, 0) is 82.5 Å². The number of hydrogen-bond donors (Lipinski definition) is 1. The van der Waals surface area contributed by atoms with Gasteiger partial charge in [-0.25, -0.2) is 9.37 Å². The third-order valence-corrected chi connectivity index (χ3v) is 6.49. The van der Waals surface area contributed by atoms with Crippen molar-refractivity contribution in [3.05, 3.63) is 97.2 Å². The molecule has 0 aliphatic heterocycles. The monoisotopic (exact) mass is 628 g/mol. The van der Waals surface area contributed by atoms with Gasteiger partial charge >= 0.3 is 0 Å². The van der Waals surface area contributed by atoms with Gasteiger partial charge in [0.05, 0.1) is 21.6 Å². The largest absolute Gasteiger partial charge is 0.483 e. The van der Waals surface area contributed by atoms with Crippen LogP contribution in [0, 0.1) is 5.82 Å². The zero-order valence-electron chi connectivity index (χ0n) is 19.9. The molecule has 37 heavy (non-hydrogen) atoms. The second-order valence-corrected chi connectivity index (χ2v) is 9.96. The smallest absolute Gasteiger partial charge is 0.282 e. The quantitative estimate of drug-likeness (QED) is 0.220. The van der Waals surface area contributed by atoms with Gasteiger partial charge in [0.1, 0.15) is 17.4 Å². The van der Waals surface area contributed by atoms with E-state index in [0.717, 1.165) is 17.3 Å². The lowest BCUT2D eigenvalue weighted by Gasteiger charge is -2.10. The van der Waals surface area contributed by atoms with Crippen molar-refractivity contribution in [2.45, 2.75) is 26.2 Å². The molecule has 1 N–H and O–H groups in total. The second-order valence-electron chi connectivity index (χ2n) is 8.19. The van der Waals surface area contributed by atoms with Gasteiger partial charge in [0.15, 0.2) is 6.61 Å². The number of hydrogen-bond acceptors (Lipinski definition) is 5. The molecule has 1 heterocycles. The highest BCUT2D eigenvalue weighted by Gasteiger charge is 2.11. The Balaban J connectivity index is 1.50. The molecular formula is C27H23Br2FN4O3. The van der Waals surface area contributed by atoms with Gasteiger partial charge in [0, 0.05) is 16.6 Å². The molecule has 4 aromatic rings.